The lowest BCUT2D eigenvalue weighted by atomic mass is 10.0. The molecule has 1 aliphatic rings. The Hall–Kier alpha value is -2.18. The number of carbonyl (C=O) groups is 1. The van der Waals surface area contributed by atoms with Gasteiger partial charge in [0.2, 0.25) is 0 Å². The second-order valence-corrected chi connectivity index (χ2v) is 5.97. The van der Waals surface area contributed by atoms with Crippen molar-refractivity contribution in [3.63, 3.8) is 0 Å². The molecule has 0 bridgehead atoms. The highest BCUT2D eigenvalue weighted by Gasteiger charge is 2.25. The van der Waals surface area contributed by atoms with E-state index in [1.54, 1.807) is 13.0 Å². The van der Waals surface area contributed by atoms with Crippen LogP contribution in [0, 0.1) is 12.7 Å². The van der Waals surface area contributed by atoms with Gasteiger partial charge in [-0.3, -0.25) is 4.79 Å². The number of benzene rings is 1. The van der Waals surface area contributed by atoms with Crippen molar-refractivity contribution in [1.82, 2.24) is 15.8 Å². The molecule has 2 heterocycles. The van der Waals surface area contributed by atoms with E-state index in [1.807, 2.05) is 0 Å². The average molecular weight is 350 g/mol. The van der Waals surface area contributed by atoms with Gasteiger partial charge in [0.1, 0.15) is 22.8 Å². The molecular formula is C17H17ClFN3O2. The number of carbonyl (C=O) groups excluding carboxylic acids is 1. The first kappa shape index (κ1) is 16.7. The Morgan fingerprint density at radius 3 is 3.04 bits per heavy atom. The maximum absolute atomic E-state index is 14.2. The predicted molar refractivity (Wildman–Crippen MR) is 89.5 cm³/mol. The van der Waals surface area contributed by atoms with Crippen LogP contribution in [0.5, 0.6) is 0 Å². The first-order chi connectivity index (χ1) is 11.6. The summed E-state index contributed by atoms with van der Waals surface area (Å²) in [6, 6.07) is 4.32. The van der Waals surface area contributed by atoms with Crippen LogP contribution in [0.4, 0.5) is 4.39 Å². The molecule has 7 heteroatoms. The maximum Gasteiger partial charge on any atom is 0.257 e. The van der Waals surface area contributed by atoms with Gasteiger partial charge in [-0.05, 0) is 32.0 Å². The Bertz CT molecular complexity index is 781. The van der Waals surface area contributed by atoms with Gasteiger partial charge in [-0.15, -0.1) is 0 Å². The fourth-order valence-electron chi connectivity index (χ4n) is 2.65. The summed E-state index contributed by atoms with van der Waals surface area (Å²) < 4.78 is 19.3. The van der Waals surface area contributed by atoms with Gasteiger partial charge in [-0.25, -0.2) is 4.39 Å². The summed E-state index contributed by atoms with van der Waals surface area (Å²) in [6.07, 6.45) is 2.94. The van der Waals surface area contributed by atoms with Crippen molar-refractivity contribution in [2.75, 3.05) is 19.6 Å². The second kappa shape index (κ2) is 7.15. The molecule has 1 aromatic heterocycles. The van der Waals surface area contributed by atoms with E-state index in [2.05, 4.69) is 21.9 Å². The molecule has 126 valence electrons. The summed E-state index contributed by atoms with van der Waals surface area (Å²) in [5.41, 5.74) is 1.55. The lowest BCUT2D eigenvalue weighted by Gasteiger charge is -2.14. The van der Waals surface area contributed by atoms with Gasteiger partial charge in [0.05, 0.1) is 10.6 Å². The van der Waals surface area contributed by atoms with E-state index >= 15 is 0 Å². The molecule has 0 saturated carbocycles. The van der Waals surface area contributed by atoms with Crippen molar-refractivity contribution in [2.24, 2.45) is 0 Å². The summed E-state index contributed by atoms with van der Waals surface area (Å²) >= 11 is 6.08. The van der Waals surface area contributed by atoms with Crippen LogP contribution in [0.15, 0.2) is 34.4 Å². The van der Waals surface area contributed by atoms with E-state index in [1.165, 1.54) is 12.1 Å². The summed E-state index contributed by atoms with van der Waals surface area (Å²) in [4.78, 5) is 12.6. The van der Waals surface area contributed by atoms with Gasteiger partial charge >= 0.3 is 0 Å². The number of halogens is 2. The Kier molecular flexibility index (Phi) is 4.97. The van der Waals surface area contributed by atoms with Gasteiger partial charge < -0.3 is 15.2 Å². The monoisotopic (exact) mass is 349 g/mol. The Labute approximate surface area is 143 Å². The van der Waals surface area contributed by atoms with Gasteiger partial charge in [0.15, 0.2) is 0 Å². The van der Waals surface area contributed by atoms with Crippen molar-refractivity contribution in [3.05, 3.63) is 52.0 Å². The van der Waals surface area contributed by atoms with Gasteiger partial charge in [-0.2, -0.15) is 0 Å². The Morgan fingerprint density at radius 1 is 1.50 bits per heavy atom. The molecule has 0 saturated heterocycles. The number of nitrogens with zero attached hydrogens (tertiary/aromatic N) is 1. The van der Waals surface area contributed by atoms with Gasteiger partial charge in [-0.1, -0.05) is 34.5 Å². The number of aryl methyl sites for hydroxylation is 1. The molecule has 2 N–H and O–H groups in total. The van der Waals surface area contributed by atoms with Crippen LogP contribution in [0.3, 0.4) is 0 Å². The summed E-state index contributed by atoms with van der Waals surface area (Å²) in [5, 5.41) is 10.1. The molecule has 5 nitrogen and oxygen atoms in total. The molecule has 0 unspecified atom stereocenters. The minimum absolute atomic E-state index is 0.0715. The number of hydrogen-bond donors (Lipinski definition) is 2. The number of hydrogen-bond acceptors (Lipinski definition) is 4. The minimum Gasteiger partial charge on any atom is -0.360 e. The van der Waals surface area contributed by atoms with Crippen LogP contribution in [0.1, 0.15) is 22.5 Å². The minimum atomic E-state index is -0.550. The van der Waals surface area contributed by atoms with Crippen LogP contribution in [0.2, 0.25) is 5.02 Å². The third kappa shape index (κ3) is 3.34. The molecule has 0 spiro atoms. The van der Waals surface area contributed by atoms with E-state index in [0.717, 1.165) is 25.1 Å². The zero-order chi connectivity index (χ0) is 17.1. The summed E-state index contributed by atoms with van der Waals surface area (Å²) in [5.74, 6) is -0.588. The fraction of sp³-hybridized carbons (Fsp3) is 0.294. The van der Waals surface area contributed by atoms with Crippen LogP contribution in [0.25, 0.3) is 11.3 Å². The lowest BCUT2D eigenvalue weighted by molar-refractivity contribution is 0.0955. The molecule has 0 atom stereocenters. The molecule has 3 rings (SSSR count). The van der Waals surface area contributed by atoms with Gasteiger partial charge in [0, 0.05) is 13.1 Å². The first-order valence-corrected chi connectivity index (χ1v) is 8.03. The van der Waals surface area contributed by atoms with Crippen molar-refractivity contribution in [3.8, 4) is 11.3 Å². The quantitative estimate of drug-likeness (QED) is 0.832. The Balaban J connectivity index is 1.87. The fourth-order valence-corrected chi connectivity index (χ4v) is 2.90. The largest absolute Gasteiger partial charge is 0.360 e. The van der Waals surface area contributed by atoms with Crippen molar-refractivity contribution >= 4 is 17.5 Å². The molecule has 1 aliphatic heterocycles. The highest BCUT2D eigenvalue weighted by molar-refractivity contribution is 6.33. The highest BCUT2D eigenvalue weighted by atomic mass is 35.5. The van der Waals surface area contributed by atoms with Gasteiger partial charge in [0.25, 0.3) is 5.91 Å². The van der Waals surface area contributed by atoms with Crippen molar-refractivity contribution < 1.29 is 13.7 Å². The molecular weight excluding hydrogens is 333 g/mol. The van der Waals surface area contributed by atoms with Crippen LogP contribution in [-0.4, -0.2) is 30.7 Å². The summed E-state index contributed by atoms with van der Waals surface area (Å²) in [6.45, 7) is 3.75. The molecule has 0 fully saturated rings. The molecule has 1 amide bonds. The van der Waals surface area contributed by atoms with Crippen molar-refractivity contribution in [1.29, 1.82) is 0 Å². The zero-order valence-electron chi connectivity index (χ0n) is 13.2. The van der Waals surface area contributed by atoms with E-state index in [9.17, 15) is 9.18 Å². The normalized spacial score (nSPS) is 14.4. The predicted octanol–water partition coefficient (Wildman–Crippen LogP) is 3.09. The average Bonchev–Trinajstić information content (AvgIpc) is 2.95. The summed E-state index contributed by atoms with van der Waals surface area (Å²) in [7, 11) is 0. The topological polar surface area (TPSA) is 67.2 Å². The number of rotatable bonds is 4. The van der Waals surface area contributed by atoms with Crippen LogP contribution < -0.4 is 10.6 Å². The third-order valence-corrected chi connectivity index (χ3v) is 4.24. The van der Waals surface area contributed by atoms with E-state index in [4.69, 9.17) is 16.1 Å². The second-order valence-electron chi connectivity index (χ2n) is 5.56. The highest BCUT2D eigenvalue weighted by Crippen LogP contribution is 2.33. The van der Waals surface area contributed by atoms with Crippen LogP contribution in [-0.2, 0) is 0 Å². The van der Waals surface area contributed by atoms with Crippen molar-refractivity contribution in [2.45, 2.75) is 13.3 Å². The van der Waals surface area contributed by atoms with E-state index in [-0.39, 0.29) is 27.8 Å². The lowest BCUT2D eigenvalue weighted by Crippen LogP contribution is -2.30. The molecule has 24 heavy (non-hydrogen) atoms. The van der Waals surface area contributed by atoms with Crippen LogP contribution >= 0.6 is 11.6 Å². The third-order valence-electron chi connectivity index (χ3n) is 3.92. The van der Waals surface area contributed by atoms with E-state index in [0.29, 0.717) is 12.3 Å². The SMILES string of the molecule is Cc1onc(-c2c(F)cccc2Cl)c1C(=O)NCC1=CCNCC1. The first-order valence-electron chi connectivity index (χ1n) is 7.65. The maximum atomic E-state index is 14.2. The number of nitrogens with one attached hydrogen (secondary N) is 2. The number of aromatic nitrogens is 1. The van der Waals surface area contributed by atoms with E-state index < -0.39 is 5.82 Å². The molecule has 1 aromatic carbocycles. The Morgan fingerprint density at radius 2 is 2.33 bits per heavy atom. The zero-order valence-corrected chi connectivity index (χ0v) is 13.9. The molecule has 0 aliphatic carbocycles. The molecule has 0 radical (unpaired) electrons. The number of amides is 1. The standard InChI is InChI=1S/C17H17ClFN3O2/c1-10-14(17(23)21-9-11-5-7-20-8-6-11)16(22-24-10)15-12(18)3-2-4-13(15)19/h2-5,20H,6-9H2,1H3,(H,21,23). The molecule has 2 aromatic rings. The smallest absolute Gasteiger partial charge is 0.257 e.